The summed E-state index contributed by atoms with van der Waals surface area (Å²) in [6, 6.07) is 10.6. The Bertz CT molecular complexity index is 1470. The number of aromatic nitrogens is 2. The fraction of sp³-hybridized carbons (Fsp3) is 0.444. The van der Waals surface area contributed by atoms with E-state index in [0.29, 0.717) is 17.1 Å². The zero-order chi connectivity index (χ0) is 26.3. The number of amides is 1. The van der Waals surface area contributed by atoms with Gasteiger partial charge in [0, 0.05) is 36.3 Å². The van der Waals surface area contributed by atoms with Crippen LogP contribution in [0, 0.1) is 5.92 Å². The summed E-state index contributed by atoms with van der Waals surface area (Å²) in [4.78, 5) is 33.5. The smallest absolute Gasteiger partial charge is 0.250 e. The summed E-state index contributed by atoms with van der Waals surface area (Å²) in [6.07, 6.45) is 4.30. The number of rotatable bonds is 9. The normalized spacial score (nSPS) is 17.8. The number of pyridine rings is 1. The zero-order valence-corrected chi connectivity index (χ0v) is 22.9. The molecule has 10 heteroatoms. The van der Waals surface area contributed by atoms with E-state index in [4.69, 9.17) is 4.98 Å². The van der Waals surface area contributed by atoms with Gasteiger partial charge in [-0.15, -0.1) is 11.3 Å². The van der Waals surface area contributed by atoms with Crippen LogP contribution < -0.4 is 10.9 Å². The first kappa shape index (κ1) is 25.8. The van der Waals surface area contributed by atoms with E-state index in [1.807, 2.05) is 16.8 Å². The number of nitrogens with zero attached hydrogens (tertiary/aromatic N) is 3. The minimum Gasteiger partial charge on any atom is -0.312 e. The molecule has 2 aliphatic rings. The van der Waals surface area contributed by atoms with Gasteiger partial charge in [-0.25, -0.2) is 13.4 Å². The van der Waals surface area contributed by atoms with Gasteiger partial charge in [0.05, 0.1) is 28.8 Å². The van der Waals surface area contributed by atoms with E-state index in [-0.39, 0.29) is 34.6 Å². The fourth-order valence-electron chi connectivity index (χ4n) is 4.95. The van der Waals surface area contributed by atoms with Gasteiger partial charge in [-0.05, 0) is 42.0 Å². The van der Waals surface area contributed by atoms with Crippen LogP contribution in [-0.2, 0) is 34.1 Å². The molecule has 1 N–H and O–H groups in total. The molecule has 3 heterocycles. The molecule has 1 fully saturated rings. The van der Waals surface area contributed by atoms with Crippen LogP contribution in [0.4, 0.5) is 5.13 Å². The Hall–Kier alpha value is -2.82. The van der Waals surface area contributed by atoms with Gasteiger partial charge >= 0.3 is 0 Å². The third-order valence-corrected chi connectivity index (χ3v) is 9.70. The highest BCUT2D eigenvalue weighted by molar-refractivity contribution is 7.91. The second kappa shape index (κ2) is 10.2. The molecule has 0 bridgehead atoms. The van der Waals surface area contributed by atoms with Crippen LogP contribution in [0.15, 0.2) is 52.3 Å². The number of carbonyl (C=O) groups excluding carboxylic acids is 1. The summed E-state index contributed by atoms with van der Waals surface area (Å²) < 4.78 is 25.9. The van der Waals surface area contributed by atoms with Crippen molar-refractivity contribution >= 4 is 32.2 Å². The second-order valence-corrected chi connectivity index (χ2v) is 13.6. The summed E-state index contributed by atoms with van der Waals surface area (Å²) >= 11 is 1.51. The SMILES string of the molecule is CCS(=O)(=O)c1ccc(CC(=O)Nc2nc3c(s2)CN(Cc2ccc(=O)n(C4CC4)c2)[C@H]3C(C)C)cc1. The summed E-state index contributed by atoms with van der Waals surface area (Å²) in [5, 5.41) is 3.52. The topological polar surface area (TPSA) is 101 Å². The lowest BCUT2D eigenvalue weighted by atomic mass is 10.0. The number of carbonyl (C=O) groups is 1. The van der Waals surface area contributed by atoms with E-state index >= 15 is 0 Å². The molecule has 37 heavy (non-hydrogen) atoms. The Balaban J connectivity index is 1.25. The average Bonchev–Trinajstić information content (AvgIpc) is 3.55. The molecule has 1 aliphatic heterocycles. The largest absolute Gasteiger partial charge is 0.312 e. The molecule has 0 radical (unpaired) electrons. The Morgan fingerprint density at radius 3 is 2.49 bits per heavy atom. The Labute approximate surface area is 221 Å². The maximum absolute atomic E-state index is 12.7. The first-order chi connectivity index (χ1) is 17.6. The average molecular weight is 541 g/mol. The number of sulfone groups is 1. The van der Waals surface area contributed by atoms with Crippen molar-refractivity contribution < 1.29 is 13.2 Å². The number of hydrogen-bond acceptors (Lipinski definition) is 7. The predicted octanol–water partition coefficient (Wildman–Crippen LogP) is 4.33. The molecule has 0 spiro atoms. The van der Waals surface area contributed by atoms with Gasteiger partial charge in [-0.2, -0.15) is 0 Å². The molecule has 1 amide bonds. The molecule has 5 rings (SSSR count). The third kappa shape index (κ3) is 5.56. The van der Waals surface area contributed by atoms with E-state index in [2.05, 4.69) is 24.1 Å². The van der Waals surface area contributed by atoms with Gasteiger partial charge in [0.1, 0.15) is 0 Å². The number of thiazole rings is 1. The van der Waals surface area contributed by atoms with Gasteiger partial charge in [0.25, 0.3) is 5.56 Å². The number of benzene rings is 1. The van der Waals surface area contributed by atoms with Crippen LogP contribution in [0.3, 0.4) is 0 Å². The van der Waals surface area contributed by atoms with Crippen LogP contribution >= 0.6 is 11.3 Å². The summed E-state index contributed by atoms with van der Waals surface area (Å²) in [5.41, 5.74) is 2.95. The molecule has 1 aliphatic carbocycles. The second-order valence-electron chi connectivity index (χ2n) is 10.2. The first-order valence-corrected chi connectivity index (χ1v) is 15.2. The first-order valence-electron chi connectivity index (χ1n) is 12.7. The lowest BCUT2D eigenvalue weighted by Gasteiger charge is -2.27. The Morgan fingerprint density at radius 1 is 1.14 bits per heavy atom. The highest BCUT2D eigenvalue weighted by Crippen LogP contribution is 2.43. The quantitative estimate of drug-likeness (QED) is 0.434. The highest BCUT2D eigenvalue weighted by Gasteiger charge is 2.36. The Kier molecular flexibility index (Phi) is 7.08. The van der Waals surface area contributed by atoms with Gasteiger partial charge in [-0.3, -0.25) is 14.5 Å². The molecule has 0 saturated heterocycles. The number of anilines is 1. The van der Waals surface area contributed by atoms with Crippen molar-refractivity contribution in [1.82, 2.24) is 14.5 Å². The van der Waals surface area contributed by atoms with Crippen molar-refractivity contribution in [2.45, 2.75) is 70.1 Å². The summed E-state index contributed by atoms with van der Waals surface area (Å²) in [6.45, 7) is 7.46. The molecule has 0 unspecified atom stereocenters. The van der Waals surface area contributed by atoms with Crippen molar-refractivity contribution in [2.24, 2.45) is 5.92 Å². The van der Waals surface area contributed by atoms with E-state index in [0.717, 1.165) is 47.6 Å². The van der Waals surface area contributed by atoms with E-state index in [9.17, 15) is 18.0 Å². The molecule has 196 valence electrons. The monoisotopic (exact) mass is 540 g/mol. The van der Waals surface area contributed by atoms with Crippen LogP contribution in [0.1, 0.15) is 67.4 Å². The van der Waals surface area contributed by atoms with E-state index in [1.165, 1.54) is 11.3 Å². The maximum Gasteiger partial charge on any atom is 0.250 e. The van der Waals surface area contributed by atoms with Crippen LogP contribution in [-0.4, -0.2) is 34.5 Å². The lowest BCUT2D eigenvalue weighted by Crippen LogP contribution is -2.27. The predicted molar refractivity (Wildman–Crippen MR) is 144 cm³/mol. The summed E-state index contributed by atoms with van der Waals surface area (Å²) in [7, 11) is -3.26. The van der Waals surface area contributed by atoms with Crippen molar-refractivity contribution in [3.05, 3.63) is 74.6 Å². The molecule has 2 aromatic heterocycles. The van der Waals surface area contributed by atoms with Gasteiger partial charge < -0.3 is 9.88 Å². The van der Waals surface area contributed by atoms with Crippen molar-refractivity contribution in [3.8, 4) is 0 Å². The molecule has 1 aromatic carbocycles. The van der Waals surface area contributed by atoms with Crippen molar-refractivity contribution in [3.63, 3.8) is 0 Å². The molecule has 8 nitrogen and oxygen atoms in total. The van der Waals surface area contributed by atoms with E-state index in [1.54, 1.807) is 37.3 Å². The van der Waals surface area contributed by atoms with Crippen LogP contribution in [0.2, 0.25) is 0 Å². The maximum atomic E-state index is 12.7. The van der Waals surface area contributed by atoms with Crippen LogP contribution in [0.25, 0.3) is 0 Å². The van der Waals surface area contributed by atoms with Crippen molar-refractivity contribution in [2.75, 3.05) is 11.1 Å². The lowest BCUT2D eigenvalue weighted by molar-refractivity contribution is -0.115. The Morgan fingerprint density at radius 2 is 1.84 bits per heavy atom. The third-order valence-electron chi connectivity index (χ3n) is 6.98. The number of nitrogens with one attached hydrogen (secondary N) is 1. The van der Waals surface area contributed by atoms with Crippen molar-refractivity contribution in [1.29, 1.82) is 0 Å². The fourth-order valence-corrected chi connectivity index (χ4v) is 6.88. The minimum atomic E-state index is -3.26. The van der Waals surface area contributed by atoms with Gasteiger partial charge in [-0.1, -0.05) is 39.0 Å². The van der Waals surface area contributed by atoms with E-state index < -0.39 is 9.84 Å². The zero-order valence-electron chi connectivity index (χ0n) is 21.3. The number of fused-ring (bicyclic) bond motifs is 1. The highest BCUT2D eigenvalue weighted by atomic mass is 32.2. The molecular formula is C27H32N4O4S2. The van der Waals surface area contributed by atoms with Crippen LogP contribution in [0.5, 0.6) is 0 Å². The van der Waals surface area contributed by atoms with Gasteiger partial charge in [0.2, 0.25) is 5.91 Å². The molecular weight excluding hydrogens is 508 g/mol. The molecule has 3 aromatic rings. The molecule has 1 atom stereocenters. The minimum absolute atomic E-state index is 0.0449. The molecule has 1 saturated carbocycles. The number of hydrogen-bond donors (Lipinski definition) is 1. The standard InChI is InChI=1S/C27H32N4O4S2/c1-4-37(34,35)21-10-5-18(6-11-21)13-23(32)28-27-29-25-22(36-27)16-30(26(25)17(2)3)14-19-7-12-24(33)31(15-19)20-8-9-20/h5-7,10-12,15,17,20,26H,4,8-9,13-14,16H2,1-3H3,(H,28,29,32)/t26-/m0/s1. The summed E-state index contributed by atoms with van der Waals surface area (Å²) in [5.74, 6) is 0.196. The van der Waals surface area contributed by atoms with Gasteiger partial charge in [0.15, 0.2) is 15.0 Å².